The van der Waals surface area contributed by atoms with Crippen LogP contribution in [0.15, 0.2) is 36.5 Å². The van der Waals surface area contributed by atoms with E-state index in [-0.39, 0.29) is 6.10 Å². The van der Waals surface area contributed by atoms with Gasteiger partial charge in [-0.05, 0) is 18.9 Å². The molecule has 0 rings (SSSR count). The standard InChI is InChI=1S/C11H17NO/c1-4-6-11(9-12)8-5-7-10(2)13-3/h4-7,9-10,12H,1,8H2,2-3H3/b7-5-,11-6+,12-9?. The molecular weight excluding hydrogens is 162 g/mol. The molecule has 0 aliphatic carbocycles. The predicted molar refractivity (Wildman–Crippen MR) is 57.3 cm³/mol. The van der Waals surface area contributed by atoms with Crippen molar-refractivity contribution in [2.24, 2.45) is 0 Å². The molecule has 2 heteroatoms. The van der Waals surface area contributed by atoms with Gasteiger partial charge in [-0.25, -0.2) is 0 Å². The second-order valence-electron chi connectivity index (χ2n) is 2.69. The van der Waals surface area contributed by atoms with E-state index in [1.54, 1.807) is 13.2 Å². The highest BCUT2D eigenvalue weighted by Gasteiger charge is 1.91. The monoisotopic (exact) mass is 179 g/mol. The van der Waals surface area contributed by atoms with Gasteiger partial charge < -0.3 is 10.1 Å². The SMILES string of the molecule is C=C/C=C(/C=N)C/C=C\C(C)OC. The van der Waals surface area contributed by atoms with Crippen molar-refractivity contribution in [2.45, 2.75) is 19.4 Å². The fraction of sp³-hybridized carbons (Fsp3) is 0.364. The largest absolute Gasteiger partial charge is 0.378 e. The molecule has 0 saturated carbocycles. The summed E-state index contributed by atoms with van der Waals surface area (Å²) in [6, 6.07) is 0. The van der Waals surface area contributed by atoms with Gasteiger partial charge in [-0.1, -0.05) is 30.9 Å². The lowest BCUT2D eigenvalue weighted by molar-refractivity contribution is 0.156. The topological polar surface area (TPSA) is 33.1 Å². The summed E-state index contributed by atoms with van der Waals surface area (Å²) < 4.78 is 5.04. The van der Waals surface area contributed by atoms with Crippen LogP contribution in [0, 0.1) is 5.41 Å². The van der Waals surface area contributed by atoms with Gasteiger partial charge in [0.15, 0.2) is 0 Å². The third-order valence-corrected chi connectivity index (χ3v) is 1.65. The minimum Gasteiger partial charge on any atom is -0.378 e. The van der Waals surface area contributed by atoms with Crippen molar-refractivity contribution in [1.82, 2.24) is 0 Å². The number of allylic oxidation sites excluding steroid dienone is 4. The van der Waals surface area contributed by atoms with Crippen LogP contribution in [0.3, 0.4) is 0 Å². The minimum atomic E-state index is 0.135. The first kappa shape index (κ1) is 11.8. The van der Waals surface area contributed by atoms with Crippen molar-refractivity contribution in [3.8, 4) is 0 Å². The molecule has 72 valence electrons. The number of methoxy groups -OCH3 is 1. The molecule has 0 bridgehead atoms. The molecule has 0 aromatic heterocycles. The first-order valence-electron chi connectivity index (χ1n) is 4.26. The quantitative estimate of drug-likeness (QED) is 0.379. The van der Waals surface area contributed by atoms with Crippen molar-refractivity contribution >= 4 is 6.21 Å². The number of hydrogen-bond acceptors (Lipinski definition) is 2. The fourth-order valence-electron chi connectivity index (χ4n) is 0.801. The van der Waals surface area contributed by atoms with Crippen LogP contribution >= 0.6 is 0 Å². The van der Waals surface area contributed by atoms with Crippen LogP contribution in [0.1, 0.15) is 13.3 Å². The van der Waals surface area contributed by atoms with E-state index in [0.29, 0.717) is 0 Å². The summed E-state index contributed by atoms with van der Waals surface area (Å²) in [5.74, 6) is 0. The zero-order chi connectivity index (χ0) is 10.1. The molecule has 0 amide bonds. The molecule has 0 aliphatic rings. The second kappa shape index (κ2) is 7.50. The average molecular weight is 179 g/mol. The molecule has 13 heavy (non-hydrogen) atoms. The van der Waals surface area contributed by atoms with Gasteiger partial charge in [-0.3, -0.25) is 0 Å². The second-order valence-corrected chi connectivity index (χ2v) is 2.69. The lowest BCUT2D eigenvalue weighted by Gasteiger charge is -2.01. The van der Waals surface area contributed by atoms with E-state index in [1.807, 2.05) is 25.2 Å². The molecule has 1 N–H and O–H groups in total. The lowest BCUT2D eigenvalue weighted by atomic mass is 10.1. The highest BCUT2D eigenvalue weighted by molar-refractivity contribution is 5.76. The molecule has 0 saturated heterocycles. The van der Waals surface area contributed by atoms with Gasteiger partial charge >= 0.3 is 0 Å². The summed E-state index contributed by atoms with van der Waals surface area (Å²) in [6.07, 6.45) is 9.71. The molecule has 0 aromatic carbocycles. The summed E-state index contributed by atoms with van der Waals surface area (Å²) in [7, 11) is 1.67. The van der Waals surface area contributed by atoms with E-state index in [1.165, 1.54) is 6.21 Å². The Bertz CT molecular complexity index is 216. The predicted octanol–water partition coefficient (Wildman–Crippen LogP) is 2.73. The van der Waals surface area contributed by atoms with Gasteiger partial charge in [0.2, 0.25) is 0 Å². The Labute approximate surface area is 80.1 Å². The van der Waals surface area contributed by atoms with Crippen LogP contribution in [0.2, 0.25) is 0 Å². The molecule has 0 aromatic rings. The minimum absolute atomic E-state index is 0.135. The van der Waals surface area contributed by atoms with Crippen molar-refractivity contribution < 1.29 is 4.74 Å². The first-order chi connectivity index (χ1) is 6.24. The van der Waals surface area contributed by atoms with E-state index in [0.717, 1.165) is 12.0 Å². The first-order valence-corrected chi connectivity index (χ1v) is 4.26. The molecule has 1 atom stereocenters. The van der Waals surface area contributed by atoms with Crippen LogP contribution in [-0.4, -0.2) is 19.4 Å². The van der Waals surface area contributed by atoms with Crippen LogP contribution in [0.25, 0.3) is 0 Å². The van der Waals surface area contributed by atoms with E-state index < -0.39 is 0 Å². The Morgan fingerprint density at radius 2 is 2.31 bits per heavy atom. The average Bonchev–Trinajstić information content (AvgIpc) is 2.16. The van der Waals surface area contributed by atoms with E-state index in [4.69, 9.17) is 10.1 Å². The molecule has 0 heterocycles. The van der Waals surface area contributed by atoms with Crippen LogP contribution < -0.4 is 0 Å². The van der Waals surface area contributed by atoms with Gasteiger partial charge in [0.1, 0.15) is 0 Å². The Morgan fingerprint density at radius 1 is 1.62 bits per heavy atom. The van der Waals surface area contributed by atoms with Gasteiger partial charge in [-0.15, -0.1) is 0 Å². The maximum Gasteiger partial charge on any atom is 0.0723 e. The van der Waals surface area contributed by atoms with Gasteiger partial charge in [0.05, 0.1) is 6.10 Å². The molecule has 0 aliphatic heterocycles. The third-order valence-electron chi connectivity index (χ3n) is 1.65. The van der Waals surface area contributed by atoms with E-state index in [2.05, 4.69) is 6.58 Å². The normalized spacial score (nSPS) is 14.5. The molecule has 0 radical (unpaired) electrons. The molecule has 0 fully saturated rings. The zero-order valence-electron chi connectivity index (χ0n) is 8.29. The highest BCUT2D eigenvalue weighted by atomic mass is 16.5. The Kier molecular flexibility index (Phi) is 6.83. The van der Waals surface area contributed by atoms with E-state index >= 15 is 0 Å². The summed E-state index contributed by atoms with van der Waals surface area (Å²) >= 11 is 0. The summed E-state index contributed by atoms with van der Waals surface area (Å²) in [4.78, 5) is 0. The Morgan fingerprint density at radius 3 is 2.77 bits per heavy atom. The van der Waals surface area contributed by atoms with Crippen molar-refractivity contribution in [2.75, 3.05) is 7.11 Å². The summed E-state index contributed by atoms with van der Waals surface area (Å²) in [5, 5.41) is 7.09. The maximum atomic E-state index is 7.09. The van der Waals surface area contributed by atoms with E-state index in [9.17, 15) is 0 Å². The fourth-order valence-corrected chi connectivity index (χ4v) is 0.801. The van der Waals surface area contributed by atoms with Crippen LogP contribution in [0.5, 0.6) is 0 Å². The van der Waals surface area contributed by atoms with Crippen molar-refractivity contribution in [3.63, 3.8) is 0 Å². The maximum absolute atomic E-state index is 7.09. The lowest BCUT2D eigenvalue weighted by Crippen LogP contribution is -1.98. The van der Waals surface area contributed by atoms with Crippen molar-refractivity contribution in [1.29, 1.82) is 5.41 Å². The summed E-state index contributed by atoms with van der Waals surface area (Å²) in [5.41, 5.74) is 0.939. The van der Waals surface area contributed by atoms with Gasteiger partial charge in [0.25, 0.3) is 0 Å². The smallest absolute Gasteiger partial charge is 0.0723 e. The zero-order valence-corrected chi connectivity index (χ0v) is 8.29. The number of rotatable bonds is 6. The third kappa shape index (κ3) is 6.05. The highest BCUT2D eigenvalue weighted by Crippen LogP contribution is 2.01. The summed E-state index contributed by atoms with van der Waals surface area (Å²) in [6.45, 7) is 5.55. The Balaban J connectivity index is 3.98. The van der Waals surface area contributed by atoms with Crippen molar-refractivity contribution in [3.05, 3.63) is 36.5 Å². The Hall–Kier alpha value is -1.15. The van der Waals surface area contributed by atoms with Crippen LogP contribution in [-0.2, 0) is 4.74 Å². The number of hydrogen-bond donors (Lipinski definition) is 1. The van der Waals surface area contributed by atoms with Crippen LogP contribution in [0.4, 0.5) is 0 Å². The number of nitrogens with one attached hydrogen (secondary N) is 1. The molecule has 0 spiro atoms. The molecule has 1 unspecified atom stereocenters. The molecular formula is C11H17NO. The van der Waals surface area contributed by atoms with Gasteiger partial charge in [-0.2, -0.15) is 0 Å². The molecule has 2 nitrogen and oxygen atoms in total. The van der Waals surface area contributed by atoms with Gasteiger partial charge in [0, 0.05) is 13.3 Å². The number of ether oxygens (including phenoxy) is 1.